The summed E-state index contributed by atoms with van der Waals surface area (Å²) in [7, 11) is 1.51. The second kappa shape index (κ2) is 6.05. The summed E-state index contributed by atoms with van der Waals surface area (Å²) in [5.74, 6) is 0.0762. The first-order chi connectivity index (χ1) is 9.97. The molecular weight excluding hydrogens is 292 g/mol. The lowest BCUT2D eigenvalue weighted by molar-refractivity contribution is 0.102. The molecule has 1 aromatic heterocycles. The van der Waals surface area contributed by atoms with Crippen LogP contribution in [0.5, 0.6) is 5.75 Å². The molecule has 0 radical (unpaired) electrons. The lowest BCUT2D eigenvalue weighted by Gasteiger charge is -2.11. The molecule has 4 N–H and O–H groups in total. The molecule has 1 heterocycles. The quantitative estimate of drug-likeness (QED) is 0.809. The van der Waals surface area contributed by atoms with E-state index in [4.69, 9.17) is 22.1 Å². The van der Waals surface area contributed by atoms with Crippen molar-refractivity contribution in [1.29, 1.82) is 0 Å². The van der Waals surface area contributed by atoms with Gasteiger partial charge in [0.05, 0.1) is 24.2 Å². The van der Waals surface area contributed by atoms with E-state index in [1.807, 2.05) is 13.8 Å². The zero-order chi connectivity index (χ0) is 15.6. The van der Waals surface area contributed by atoms with Crippen LogP contribution in [0.1, 0.15) is 28.7 Å². The summed E-state index contributed by atoms with van der Waals surface area (Å²) in [6, 6.07) is 3.39. The summed E-state index contributed by atoms with van der Waals surface area (Å²) >= 11 is 6.04. The van der Waals surface area contributed by atoms with E-state index in [-0.39, 0.29) is 5.69 Å². The predicted molar refractivity (Wildman–Crippen MR) is 83.1 cm³/mol. The number of hydrogen-bond acceptors (Lipinski definition) is 4. The van der Waals surface area contributed by atoms with Gasteiger partial charge >= 0.3 is 0 Å². The molecule has 0 aliphatic rings. The van der Waals surface area contributed by atoms with Gasteiger partial charge < -0.3 is 15.8 Å². The summed E-state index contributed by atoms with van der Waals surface area (Å²) in [4.78, 5) is 12.3. The number of anilines is 2. The van der Waals surface area contributed by atoms with Crippen molar-refractivity contribution in [2.75, 3.05) is 18.2 Å². The number of halogens is 1. The molecule has 0 aliphatic heterocycles. The first-order valence-electron chi connectivity index (χ1n) is 6.46. The van der Waals surface area contributed by atoms with Crippen LogP contribution in [0, 0.1) is 6.92 Å². The van der Waals surface area contributed by atoms with E-state index in [1.54, 1.807) is 12.1 Å². The number of nitrogens with zero attached hydrogens (tertiary/aromatic N) is 1. The average molecular weight is 309 g/mol. The molecule has 0 aliphatic carbocycles. The minimum Gasteiger partial charge on any atom is -0.495 e. The van der Waals surface area contributed by atoms with Gasteiger partial charge in [-0.25, -0.2) is 0 Å². The summed E-state index contributed by atoms with van der Waals surface area (Å²) in [5, 5.41) is 10.0. The number of nitrogens with two attached hydrogens (primary N) is 1. The molecule has 0 saturated heterocycles. The highest BCUT2D eigenvalue weighted by atomic mass is 35.5. The zero-order valence-corrected chi connectivity index (χ0v) is 12.8. The number of H-pyrrole nitrogens is 1. The Kier molecular flexibility index (Phi) is 4.37. The van der Waals surface area contributed by atoms with E-state index in [2.05, 4.69) is 15.5 Å². The second-order valence-electron chi connectivity index (χ2n) is 4.57. The molecule has 0 bridgehead atoms. The van der Waals surface area contributed by atoms with Crippen LogP contribution in [-0.4, -0.2) is 23.2 Å². The van der Waals surface area contributed by atoms with E-state index >= 15 is 0 Å². The normalized spacial score (nSPS) is 10.5. The molecular formula is C14H17ClN4O2. The first-order valence-corrected chi connectivity index (χ1v) is 6.83. The monoisotopic (exact) mass is 308 g/mol. The molecule has 0 atom stereocenters. The van der Waals surface area contributed by atoms with Crippen LogP contribution < -0.4 is 15.8 Å². The number of ether oxygens (including phenoxy) is 1. The smallest absolute Gasteiger partial charge is 0.278 e. The third-order valence-corrected chi connectivity index (χ3v) is 3.59. The van der Waals surface area contributed by atoms with Crippen molar-refractivity contribution in [3.05, 3.63) is 34.1 Å². The zero-order valence-electron chi connectivity index (χ0n) is 12.1. The van der Waals surface area contributed by atoms with Crippen LogP contribution >= 0.6 is 11.6 Å². The van der Waals surface area contributed by atoms with Gasteiger partial charge in [-0.3, -0.25) is 9.89 Å². The topological polar surface area (TPSA) is 93.0 Å². The highest BCUT2D eigenvalue weighted by molar-refractivity contribution is 6.31. The van der Waals surface area contributed by atoms with Crippen molar-refractivity contribution < 1.29 is 9.53 Å². The molecule has 2 rings (SSSR count). The minimum absolute atomic E-state index is 0.168. The Morgan fingerprint density at radius 3 is 2.81 bits per heavy atom. The number of rotatable bonds is 4. The van der Waals surface area contributed by atoms with Gasteiger partial charge in [0.2, 0.25) is 0 Å². The number of aromatic amines is 1. The summed E-state index contributed by atoms with van der Waals surface area (Å²) in [6.07, 6.45) is 0.676. The fourth-order valence-corrected chi connectivity index (χ4v) is 2.09. The lowest BCUT2D eigenvalue weighted by Crippen LogP contribution is -2.15. The number of benzene rings is 1. The van der Waals surface area contributed by atoms with Crippen LogP contribution in [0.4, 0.5) is 11.4 Å². The molecule has 0 spiro atoms. The van der Waals surface area contributed by atoms with Crippen LogP contribution in [0.25, 0.3) is 0 Å². The summed E-state index contributed by atoms with van der Waals surface area (Å²) in [5.41, 5.74) is 8.50. The maximum atomic E-state index is 12.3. The largest absolute Gasteiger partial charge is 0.495 e. The molecule has 6 nitrogen and oxygen atoms in total. The van der Waals surface area contributed by atoms with Gasteiger partial charge in [0.25, 0.3) is 5.91 Å². The number of carbonyl (C=O) groups excluding carboxylic acids is 1. The number of nitrogens with one attached hydrogen (secondary N) is 2. The van der Waals surface area contributed by atoms with E-state index < -0.39 is 5.91 Å². The standard InChI is InChI=1S/C14H17ClN4O2/c1-4-9-12(16)13(19-18-9)14(20)17-10-5-7(2)8(15)6-11(10)21-3/h5-6H,4,16H2,1-3H3,(H,17,20)(H,18,19). The molecule has 0 fully saturated rings. The van der Waals surface area contributed by atoms with Gasteiger partial charge in [-0.2, -0.15) is 5.10 Å². The Labute approximate surface area is 127 Å². The summed E-state index contributed by atoms with van der Waals surface area (Å²) < 4.78 is 5.22. The molecule has 1 amide bonds. The molecule has 112 valence electrons. The van der Waals surface area contributed by atoms with Crippen molar-refractivity contribution in [2.24, 2.45) is 0 Å². The van der Waals surface area contributed by atoms with Gasteiger partial charge in [0.1, 0.15) is 5.75 Å². The number of aryl methyl sites for hydroxylation is 2. The molecule has 0 saturated carbocycles. The van der Waals surface area contributed by atoms with Gasteiger partial charge in [-0.1, -0.05) is 18.5 Å². The fraction of sp³-hybridized carbons (Fsp3) is 0.286. The first kappa shape index (κ1) is 15.2. The summed E-state index contributed by atoms with van der Waals surface area (Å²) in [6.45, 7) is 3.77. The van der Waals surface area contributed by atoms with E-state index in [1.165, 1.54) is 7.11 Å². The van der Waals surface area contributed by atoms with Crippen molar-refractivity contribution >= 4 is 28.9 Å². The van der Waals surface area contributed by atoms with Crippen LogP contribution in [0.2, 0.25) is 5.02 Å². The highest BCUT2D eigenvalue weighted by Crippen LogP contribution is 2.31. The van der Waals surface area contributed by atoms with E-state index in [0.29, 0.717) is 28.6 Å². The lowest BCUT2D eigenvalue weighted by atomic mass is 10.2. The van der Waals surface area contributed by atoms with Crippen molar-refractivity contribution in [3.63, 3.8) is 0 Å². The van der Waals surface area contributed by atoms with Crippen LogP contribution in [-0.2, 0) is 6.42 Å². The van der Waals surface area contributed by atoms with Crippen LogP contribution in [0.15, 0.2) is 12.1 Å². The van der Waals surface area contributed by atoms with Gasteiger partial charge in [0, 0.05) is 11.1 Å². The minimum atomic E-state index is -0.400. The number of amides is 1. The molecule has 7 heteroatoms. The maximum Gasteiger partial charge on any atom is 0.278 e. The molecule has 1 aromatic carbocycles. The van der Waals surface area contributed by atoms with Crippen molar-refractivity contribution in [3.8, 4) is 5.75 Å². The predicted octanol–water partition coefficient (Wildman–Crippen LogP) is 2.78. The average Bonchev–Trinajstić information content (AvgIpc) is 2.83. The van der Waals surface area contributed by atoms with Gasteiger partial charge in [-0.05, 0) is 25.0 Å². The Morgan fingerprint density at radius 1 is 1.52 bits per heavy atom. The second-order valence-corrected chi connectivity index (χ2v) is 4.98. The number of carbonyl (C=O) groups is 1. The highest BCUT2D eigenvalue weighted by Gasteiger charge is 2.18. The Balaban J connectivity index is 2.31. The van der Waals surface area contributed by atoms with Crippen LogP contribution in [0.3, 0.4) is 0 Å². The van der Waals surface area contributed by atoms with Gasteiger partial charge in [-0.15, -0.1) is 0 Å². The SMILES string of the molecule is CCc1[nH]nc(C(=O)Nc2cc(C)c(Cl)cc2OC)c1N. The fourth-order valence-electron chi connectivity index (χ4n) is 1.94. The molecule has 0 unspecified atom stereocenters. The van der Waals surface area contributed by atoms with E-state index in [9.17, 15) is 4.79 Å². The molecule has 2 aromatic rings. The Bertz CT molecular complexity index is 682. The van der Waals surface area contributed by atoms with Gasteiger partial charge in [0.15, 0.2) is 5.69 Å². The Morgan fingerprint density at radius 2 is 2.24 bits per heavy atom. The maximum absolute atomic E-state index is 12.3. The number of methoxy groups -OCH3 is 1. The van der Waals surface area contributed by atoms with Crippen molar-refractivity contribution in [2.45, 2.75) is 20.3 Å². The number of aromatic nitrogens is 2. The van der Waals surface area contributed by atoms with Crippen molar-refractivity contribution in [1.82, 2.24) is 10.2 Å². The molecule has 21 heavy (non-hydrogen) atoms. The third-order valence-electron chi connectivity index (χ3n) is 3.18. The Hall–Kier alpha value is -2.21. The van der Waals surface area contributed by atoms with E-state index in [0.717, 1.165) is 11.3 Å². The number of hydrogen-bond donors (Lipinski definition) is 3. The number of nitrogen functional groups attached to an aromatic ring is 1. The third kappa shape index (κ3) is 2.95.